The van der Waals surface area contributed by atoms with Crippen molar-refractivity contribution in [2.24, 2.45) is 5.92 Å². The topological polar surface area (TPSA) is 91.3 Å². The second-order valence-electron chi connectivity index (χ2n) is 11.3. The summed E-state index contributed by atoms with van der Waals surface area (Å²) in [6.45, 7) is 17.4. The van der Waals surface area contributed by atoms with Gasteiger partial charge in [-0.1, -0.05) is 47.0 Å². The highest BCUT2D eigenvalue weighted by Crippen LogP contribution is 2.41. The van der Waals surface area contributed by atoms with Crippen LogP contribution >= 0.6 is 0 Å². The van der Waals surface area contributed by atoms with E-state index in [1.54, 1.807) is 0 Å². The lowest BCUT2D eigenvalue weighted by Gasteiger charge is -2.47. The monoisotopic (exact) mass is 488 g/mol. The fourth-order valence-electron chi connectivity index (χ4n) is 3.89. The van der Waals surface area contributed by atoms with Crippen molar-refractivity contribution < 1.29 is 33.3 Å². The highest BCUT2D eigenvalue weighted by molar-refractivity contribution is 6.74. The fourth-order valence-corrected chi connectivity index (χ4v) is 5.27. The van der Waals surface area contributed by atoms with Crippen LogP contribution in [0.25, 0.3) is 0 Å². The molecule has 0 aliphatic carbocycles. The molecule has 7 nitrogen and oxygen atoms in total. The maximum Gasteiger partial charge on any atom is 0.313 e. The van der Waals surface area contributed by atoms with Crippen LogP contribution in [0.1, 0.15) is 86.5 Å². The van der Waals surface area contributed by atoms with Crippen LogP contribution in [0.15, 0.2) is 0 Å². The van der Waals surface area contributed by atoms with Crippen LogP contribution < -0.4 is 0 Å². The van der Waals surface area contributed by atoms with Crippen molar-refractivity contribution in [3.8, 4) is 0 Å². The number of rotatable bonds is 13. The second kappa shape index (κ2) is 12.8. The smallest absolute Gasteiger partial charge is 0.313 e. The van der Waals surface area contributed by atoms with Crippen molar-refractivity contribution >= 4 is 20.1 Å². The van der Waals surface area contributed by atoms with Gasteiger partial charge in [0, 0.05) is 12.3 Å². The summed E-state index contributed by atoms with van der Waals surface area (Å²) in [5.41, 5.74) is 0. The Morgan fingerprint density at radius 1 is 1.21 bits per heavy atom. The molecule has 33 heavy (non-hydrogen) atoms. The first-order valence-corrected chi connectivity index (χ1v) is 15.3. The molecule has 0 saturated carbocycles. The zero-order valence-corrected chi connectivity index (χ0v) is 23.4. The number of carbonyl (C=O) groups excluding carboxylic acids is 2. The lowest BCUT2D eigenvalue weighted by Crippen LogP contribution is -2.54. The summed E-state index contributed by atoms with van der Waals surface area (Å²) in [5, 5.41) is 10.8. The summed E-state index contributed by atoms with van der Waals surface area (Å²) in [4.78, 5) is 23.6. The molecule has 0 spiro atoms. The summed E-state index contributed by atoms with van der Waals surface area (Å²) in [6, 6.07) is 0. The number of Topliss-reactive ketones (excluding diaryl/α,β-unsaturated/α-hetero) is 1. The van der Waals surface area contributed by atoms with Crippen molar-refractivity contribution in [1.82, 2.24) is 0 Å². The molecule has 0 aromatic rings. The van der Waals surface area contributed by atoms with Crippen LogP contribution in [0.2, 0.25) is 18.1 Å². The number of aliphatic hydroxyl groups is 1. The molecule has 0 radical (unpaired) electrons. The maximum absolute atomic E-state index is 12.2. The molecule has 1 N–H and O–H groups in total. The summed E-state index contributed by atoms with van der Waals surface area (Å²) in [5.74, 6) is -1.63. The lowest BCUT2D eigenvalue weighted by molar-refractivity contribution is -0.303. The molecule has 0 unspecified atom stereocenters. The van der Waals surface area contributed by atoms with E-state index in [9.17, 15) is 14.7 Å². The summed E-state index contributed by atoms with van der Waals surface area (Å²) < 4.78 is 23.8. The standard InChI is InChI=1S/C25H48O7Si/c1-10-11-12-13-21-20(17-30-25(5,6)31-21)22(32-33(8,9)24(2,3)4)15-18(26)14-19(27)16-23(28)29-7/h18,20-22,26H,10-17H2,1-9H3/t18-,20+,21+,22-/m0/s1. The fraction of sp³-hybridized carbons (Fsp3) is 0.920. The van der Waals surface area contributed by atoms with Gasteiger partial charge in [-0.15, -0.1) is 0 Å². The predicted octanol–water partition coefficient (Wildman–Crippen LogP) is 5.00. The molecule has 1 heterocycles. The number of ether oxygens (including phenoxy) is 3. The van der Waals surface area contributed by atoms with E-state index in [-0.39, 0.29) is 41.8 Å². The van der Waals surface area contributed by atoms with Crippen LogP contribution in [0.3, 0.4) is 0 Å². The number of ketones is 1. The van der Waals surface area contributed by atoms with E-state index in [1.807, 2.05) is 13.8 Å². The number of esters is 1. The minimum absolute atomic E-state index is 0.00966. The minimum atomic E-state index is -2.18. The third kappa shape index (κ3) is 10.1. The molecular formula is C25H48O7Si. The number of hydrogen-bond acceptors (Lipinski definition) is 7. The molecule has 1 rings (SSSR count). The Bertz CT molecular complexity index is 627. The zero-order chi connectivity index (χ0) is 25.4. The van der Waals surface area contributed by atoms with E-state index in [0.29, 0.717) is 13.0 Å². The van der Waals surface area contributed by atoms with Crippen molar-refractivity contribution in [3.05, 3.63) is 0 Å². The first kappa shape index (κ1) is 30.2. The Labute approximate surface area is 202 Å². The van der Waals surface area contributed by atoms with Crippen molar-refractivity contribution in [2.75, 3.05) is 13.7 Å². The van der Waals surface area contributed by atoms with Crippen molar-refractivity contribution in [3.63, 3.8) is 0 Å². The number of hydrogen-bond donors (Lipinski definition) is 1. The number of aliphatic hydroxyl groups excluding tert-OH is 1. The highest BCUT2D eigenvalue weighted by Gasteiger charge is 2.46. The van der Waals surface area contributed by atoms with Gasteiger partial charge < -0.3 is 23.7 Å². The van der Waals surface area contributed by atoms with Crippen LogP contribution in [0.4, 0.5) is 0 Å². The van der Waals surface area contributed by atoms with E-state index in [1.165, 1.54) is 7.11 Å². The molecule has 0 amide bonds. The Balaban J connectivity index is 3.08. The van der Waals surface area contributed by atoms with Gasteiger partial charge in [0.2, 0.25) is 0 Å². The molecular weight excluding hydrogens is 440 g/mol. The quantitative estimate of drug-likeness (QED) is 0.169. The normalized spacial score (nSPS) is 23.1. The third-order valence-corrected chi connectivity index (χ3v) is 11.4. The first-order valence-electron chi connectivity index (χ1n) is 12.4. The first-order chi connectivity index (χ1) is 15.1. The van der Waals surface area contributed by atoms with Crippen LogP contribution in [-0.2, 0) is 28.2 Å². The largest absolute Gasteiger partial charge is 0.469 e. The van der Waals surface area contributed by atoms with Gasteiger partial charge in [-0.25, -0.2) is 0 Å². The molecule has 4 atom stereocenters. The van der Waals surface area contributed by atoms with E-state index < -0.39 is 26.2 Å². The molecule has 0 bridgehead atoms. The molecule has 1 saturated heterocycles. The van der Waals surface area contributed by atoms with E-state index in [0.717, 1.165) is 25.7 Å². The molecule has 0 aromatic carbocycles. The average molecular weight is 489 g/mol. The third-order valence-electron chi connectivity index (χ3n) is 6.89. The van der Waals surface area contributed by atoms with E-state index >= 15 is 0 Å². The van der Waals surface area contributed by atoms with Crippen molar-refractivity contribution in [1.29, 1.82) is 0 Å². The molecule has 194 valence electrons. The molecule has 1 aliphatic heterocycles. The van der Waals surface area contributed by atoms with Crippen LogP contribution in [-0.4, -0.2) is 63.0 Å². The highest BCUT2D eigenvalue weighted by atomic mass is 28.4. The average Bonchev–Trinajstić information content (AvgIpc) is 2.65. The van der Waals surface area contributed by atoms with E-state index in [4.69, 9.17) is 13.9 Å². The Hall–Kier alpha value is -0.803. The maximum atomic E-state index is 12.2. The van der Waals surface area contributed by atoms with E-state index in [2.05, 4.69) is 45.5 Å². The second-order valence-corrected chi connectivity index (χ2v) is 16.1. The van der Waals surface area contributed by atoms with Gasteiger partial charge in [-0.3, -0.25) is 9.59 Å². The number of methoxy groups -OCH3 is 1. The Kier molecular flexibility index (Phi) is 11.7. The summed E-state index contributed by atoms with van der Waals surface area (Å²) >= 11 is 0. The molecule has 8 heteroatoms. The summed E-state index contributed by atoms with van der Waals surface area (Å²) in [7, 11) is -0.927. The van der Waals surface area contributed by atoms with Gasteiger partial charge in [-0.05, 0) is 44.8 Å². The minimum Gasteiger partial charge on any atom is -0.469 e. The van der Waals surface area contributed by atoms with Gasteiger partial charge in [0.05, 0.1) is 32.0 Å². The molecule has 1 aliphatic rings. The molecule has 0 aromatic heterocycles. The lowest BCUT2D eigenvalue weighted by atomic mass is 9.87. The zero-order valence-electron chi connectivity index (χ0n) is 22.4. The van der Waals surface area contributed by atoms with Crippen molar-refractivity contribution in [2.45, 2.75) is 129 Å². The van der Waals surface area contributed by atoms with Gasteiger partial charge in [0.15, 0.2) is 14.1 Å². The predicted molar refractivity (Wildman–Crippen MR) is 131 cm³/mol. The van der Waals surface area contributed by atoms with Crippen LogP contribution in [0, 0.1) is 5.92 Å². The van der Waals surface area contributed by atoms with Gasteiger partial charge in [0.1, 0.15) is 12.2 Å². The van der Waals surface area contributed by atoms with Crippen LogP contribution in [0.5, 0.6) is 0 Å². The number of unbranched alkanes of at least 4 members (excludes halogenated alkanes) is 2. The van der Waals surface area contributed by atoms with Gasteiger partial charge >= 0.3 is 5.97 Å². The number of carbonyl (C=O) groups is 2. The van der Waals surface area contributed by atoms with Gasteiger partial charge in [0.25, 0.3) is 0 Å². The summed E-state index contributed by atoms with van der Waals surface area (Å²) in [6.07, 6.45) is 2.81. The Morgan fingerprint density at radius 3 is 2.39 bits per heavy atom. The molecule has 1 fully saturated rings. The Morgan fingerprint density at radius 2 is 1.85 bits per heavy atom. The SMILES string of the molecule is CCCCC[C@H]1OC(C)(C)OC[C@H]1[C@H](C[C@@H](O)CC(=O)CC(=O)OC)O[Si](C)(C)C(C)(C)C. The van der Waals surface area contributed by atoms with Gasteiger partial charge in [-0.2, -0.15) is 0 Å².